The second-order valence-electron chi connectivity index (χ2n) is 3.50. The van der Waals surface area contributed by atoms with Crippen LogP contribution in [0.25, 0.3) is 0 Å². The molecule has 1 aromatic rings. The standard InChI is InChI=1S/C12H16ClNO/c1-3-11(14-12(15)9(2)13)10-7-5-4-6-8-10/h4-9,11H,3H2,1-2H3,(H,14,15)/t9?,11-/m0/s1. The number of carbonyl (C=O) groups is 1. The zero-order valence-corrected chi connectivity index (χ0v) is 9.79. The number of hydrogen-bond donors (Lipinski definition) is 1. The van der Waals surface area contributed by atoms with Gasteiger partial charge < -0.3 is 5.32 Å². The topological polar surface area (TPSA) is 29.1 Å². The molecule has 2 nitrogen and oxygen atoms in total. The molecule has 0 fully saturated rings. The van der Waals surface area contributed by atoms with Crippen LogP contribution >= 0.6 is 11.6 Å². The molecule has 3 heteroatoms. The molecule has 82 valence electrons. The van der Waals surface area contributed by atoms with Crippen LogP contribution in [0.2, 0.25) is 0 Å². The van der Waals surface area contributed by atoms with Crippen molar-refractivity contribution in [3.05, 3.63) is 35.9 Å². The molecule has 0 saturated carbocycles. The Kier molecular flexibility index (Phi) is 4.63. The van der Waals surface area contributed by atoms with E-state index in [1.54, 1.807) is 6.92 Å². The van der Waals surface area contributed by atoms with Crippen molar-refractivity contribution in [1.82, 2.24) is 5.32 Å². The van der Waals surface area contributed by atoms with E-state index in [9.17, 15) is 4.79 Å². The van der Waals surface area contributed by atoms with E-state index in [0.29, 0.717) is 0 Å². The summed E-state index contributed by atoms with van der Waals surface area (Å²) in [5, 5.41) is 2.43. The second kappa shape index (κ2) is 5.76. The molecule has 0 aliphatic heterocycles. The molecule has 0 saturated heterocycles. The smallest absolute Gasteiger partial charge is 0.238 e. The highest BCUT2D eigenvalue weighted by atomic mass is 35.5. The highest BCUT2D eigenvalue weighted by Gasteiger charge is 2.15. The molecule has 1 rings (SSSR count). The van der Waals surface area contributed by atoms with Gasteiger partial charge in [-0.3, -0.25) is 4.79 Å². The zero-order valence-electron chi connectivity index (χ0n) is 9.03. The summed E-state index contributed by atoms with van der Waals surface area (Å²) in [6.45, 7) is 3.71. The summed E-state index contributed by atoms with van der Waals surface area (Å²) in [5.41, 5.74) is 1.12. The number of halogens is 1. The van der Waals surface area contributed by atoms with E-state index in [2.05, 4.69) is 5.32 Å². The van der Waals surface area contributed by atoms with Crippen molar-refractivity contribution in [2.75, 3.05) is 0 Å². The number of carbonyl (C=O) groups excluding carboxylic acids is 1. The third kappa shape index (κ3) is 3.56. The Labute approximate surface area is 95.6 Å². The highest BCUT2D eigenvalue weighted by molar-refractivity contribution is 6.30. The number of rotatable bonds is 4. The van der Waals surface area contributed by atoms with Crippen LogP contribution in [-0.2, 0) is 4.79 Å². The van der Waals surface area contributed by atoms with Gasteiger partial charge in [0.25, 0.3) is 0 Å². The molecule has 1 unspecified atom stereocenters. The third-order valence-corrected chi connectivity index (χ3v) is 2.49. The average Bonchev–Trinajstić information content (AvgIpc) is 2.26. The Bertz CT molecular complexity index is 311. The van der Waals surface area contributed by atoms with E-state index in [0.717, 1.165) is 12.0 Å². The summed E-state index contributed by atoms with van der Waals surface area (Å²) in [6.07, 6.45) is 0.860. The normalized spacial score (nSPS) is 14.3. The molecule has 0 aliphatic carbocycles. The molecule has 1 amide bonds. The van der Waals surface area contributed by atoms with Crippen LogP contribution in [0, 0.1) is 0 Å². The average molecular weight is 226 g/mol. The first kappa shape index (κ1) is 12.1. The minimum atomic E-state index is -0.484. The molecule has 2 atom stereocenters. The number of nitrogens with one attached hydrogen (secondary N) is 1. The van der Waals surface area contributed by atoms with Crippen molar-refractivity contribution in [2.24, 2.45) is 0 Å². The summed E-state index contributed by atoms with van der Waals surface area (Å²) < 4.78 is 0. The lowest BCUT2D eigenvalue weighted by molar-refractivity contribution is -0.121. The molecular weight excluding hydrogens is 210 g/mol. The van der Waals surface area contributed by atoms with Crippen LogP contribution in [-0.4, -0.2) is 11.3 Å². The Morgan fingerprint density at radius 3 is 2.47 bits per heavy atom. The first-order chi connectivity index (χ1) is 7.15. The van der Waals surface area contributed by atoms with E-state index in [-0.39, 0.29) is 11.9 Å². The Morgan fingerprint density at radius 2 is 2.00 bits per heavy atom. The molecule has 0 bridgehead atoms. The minimum absolute atomic E-state index is 0.0555. The maximum atomic E-state index is 11.4. The number of benzene rings is 1. The maximum Gasteiger partial charge on any atom is 0.238 e. The first-order valence-corrected chi connectivity index (χ1v) is 5.58. The minimum Gasteiger partial charge on any atom is -0.348 e. The van der Waals surface area contributed by atoms with Crippen molar-refractivity contribution >= 4 is 17.5 Å². The lowest BCUT2D eigenvalue weighted by Gasteiger charge is -2.18. The van der Waals surface area contributed by atoms with E-state index in [4.69, 9.17) is 11.6 Å². The quantitative estimate of drug-likeness (QED) is 0.785. The fourth-order valence-corrected chi connectivity index (χ4v) is 1.46. The Morgan fingerprint density at radius 1 is 1.40 bits per heavy atom. The zero-order chi connectivity index (χ0) is 11.3. The van der Waals surface area contributed by atoms with Gasteiger partial charge >= 0.3 is 0 Å². The van der Waals surface area contributed by atoms with Crippen molar-refractivity contribution in [1.29, 1.82) is 0 Å². The van der Waals surface area contributed by atoms with Crippen molar-refractivity contribution in [3.63, 3.8) is 0 Å². The van der Waals surface area contributed by atoms with Gasteiger partial charge in [0.05, 0.1) is 6.04 Å². The molecule has 0 radical (unpaired) electrons. The van der Waals surface area contributed by atoms with Crippen LogP contribution < -0.4 is 5.32 Å². The molecular formula is C12H16ClNO. The molecule has 0 aliphatic rings. The van der Waals surface area contributed by atoms with E-state index in [1.165, 1.54) is 0 Å². The van der Waals surface area contributed by atoms with Crippen molar-refractivity contribution < 1.29 is 4.79 Å². The fourth-order valence-electron chi connectivity index (χ4n) is 1.39. The monoisotopic (exact) mass is 225 g/mol. The number of hydrogen-bond acceptors (Lipinski definition) is 1. The molecule has 1 aromatic carbocycles. The van der Waals surface area contributed by atoms with Gasteiger partial charge in [-0.05, 0) is 18.9 Å². The van der Waals surface area contributed by atoms with E-state index < -0.39 is 5.38 Å². The predicted octanol–water partition coefficient (Wildman–Crippen LogP) is 2.88. The number of amides is 1. The van der Waals surface area contributed by atoms with Crippen LogP contribution in [0.4, 0.5) is 0 Å². The van der Waals surface area contributed by atoms with E-state index in [1.807, 2.05) is 37.3 Å². The lowest BCUT2D eigenvalue weighted by Crippen LogP contribution is -2.33. The summed E-state index contributed by atoms with van der Waals surface area (Å²) in [6, 6.07) is 9.96. The van der Waals surface area contributed by atoms with Crippen LogP contribution in [0.15, 0.2) is 30.3 Å². The molecule has 1 N–H and O–H groups in total. The summed E-state index contributed by atoms with van der Waals surface area (Å²) in [5.74, 6) is -0.118. The molecule has 0 aromatic heterocycles. The first-order valence-electron chi connectivity index (χ1n) is 5.14. The largest absolute Gasteiger partial charge is 0.348 e. The van der Waals surface area contributed by atoms with Gasteiger partial charge in [0.1, 0.15) is 5.38 Å². The van der Waals surface area contributed by atoms with Crippen LogP contribution in [0.5, 0.6) is 0 Å². The van der Waals surface area contributed by atoms with Crippen LogP contribution in [0.1, 0.15) is 31.9 Å². The molecule has 0 spiro atoms. The summed E-state index contributed by atoms with van der Waals surface area (Å²) in [4.78, 5) is 11.4. The van der Waals surface area contributed by atoms with Gasteiger partial charge in [-0.15, -0.1) is 11.6 Å². The lowest BCUT2D eigenvalue weighted by atomic mass is 10.0. The van der Waals surface area contributed by atoms with Gasteiger partial charge in [-0.2, -0.15) is 0 Å². The third-order valence-electron chi connectivity index (χ3n) is 2.29. The van der Waals surface area contributed by atoms with Gasteiger partial charge in [-0.25, -0.2) is 0 Å². The van der Waals surface area contributed by atoms with Crippen LogP contribution in [0.3, 0.4) is 0 Å². The van der Waals surface area contributed by atoms with E-state index >= 15 is 0 Å². The SMILES string of the molecule is CC[C@H](NC(=O)C(C)Cl)c1ccccc1. The number of alkyl halides is 1. The summed E-state index contributed by atoms with van der Waals surface area (Å²) >= 11 is 5.70. The van der Waals surface area contributed by atoms with Gasteiger partial charge in [-0.1, -0.05) is 37.3 Å². The Balaban J connectivity index is 2.69. The highest BCUT2D eigenvalue weighted by Crippen LogP contribution is 2.16. The van der Waals surface area contributed by atoms with Gasteiger partial charge in [0.2, 0.25) is 5.91 Å². The fraction of sp³-hybridized carbons (Fsp3) is 0.417. The van der Waals surface area contributed by atoms with Crippen molar-refractivity contribution in [3.8, 4) is 0 Å². The molecule has 15 heavy (non-hydrogen) atoms. The van der Waals surface area contributed by atoms with Gasteiger partial charge in [0, 0.05) is 0 Å². The Hall–Kier alpha value is -1.02. The second-order valence-corrected chi connectivity index (χ2v) is 4.15. The van der Waals surface area contributed by atoms with Gasteiger partial charge in [0.15, 0.2) is 0 Å². The molecule has 0 heterocycles. The maximum absolute atomic E-state index is 11.4. The predicted molar refractivity (Wildman–Crippen MR) is 62.9 cm³/mol. The van der Waals surface area contributed by atoms with Crippen molar-refractivity contribution in [2.45, 2.75) is 31.7 Å². The summed E-state index contributed by atoms with van der Waals surface area (Å²) in [7, 11) is 0.